The van der Waals surface area contributed by atoms with E-state index >= 15 is 0 Å². The van der Waals surface area contributed by atoms with E-state index in [1.165, 1.54) is 6.42 Å². The Labute approximate surface area is 206 Å². The van der Waals surface area contributed by atoms with Gasteiger partial charge in [0.2, 0.25) is 12.7 Å². The summed E-state index contributed by atoms with van der Waals surface area (Å²) in [4.78, 5) is 29.8. The fourth-order valence-electron chi connectivity index (χ4n) is 4.48. The number of urea groups is 1. The van der Waals surface area contributed by atoms with Crippen LogP contribution >= 0.6 is 0 Å². The third-order valence-electron chi connectivity index (χ3n) is 6.42. The van der Waals surface area contributed by atoms with Crippen molar-refractivity contribution in [3.05, 3.63) is 47.4 Å². The first kappa shape index (κ1) is 24.9. The van der Waals surface area contributed by atoms with Gasteiger partial charge in [0.05, 0.1) is 13.2 Å². The molecule has 0 radical (unpaired) electrons. The molecule has 1 aliphatic carbocycles. The van der Waals surface area contributed by atoms with Crippen LogP contribution in [0.1, 0.15) is 49.2 Å². The first-order chi connectivity index (χ1) is 17.0. The number of aryl methyl sites for hydroxylation is 1. The highest BCUT2D eigenvalue weighted by Crippen LogP contribution is 2.33. The molecule has 0 atom stereocenters. The molecular formula is C26H35N3O6. The number of hydrogen-bond donors (Lipinski definition) is 1. The molecule has 2 heterocycles. The highest BCUT2D eigenvalue weighted by atomic mass is 16.7. The molecule has 2 aliphatic rings. The van der Waals surface area contributed by atoms with Gasteiger partial charge in [-0.15, -0.1) is 0 Å². The van der Waals surface area contributed by atoms with E-state index in [1.54, 1.807) is 16.9 Å². The summed E-state index contributed by atoms with van der Waals surface area (Å²) in [5.41, 5.74) is 0.904. The molecule has 2 aromatic rings. The predicted octanol–water partition coefficient (Wildman–Crippen LogP) is 3.84. The van der Waals surface area contributed by atoms with Crippen molar-refractivity contribution in [3.8, 4) is 11.5 Å². The van der Waals surface area contributed by atoms with E-state index in [0.29, 0.717) is 43.5 Å². The molecular weight excluding hydrogens is 450 g/mol. The van der Waals surface area contributed by atoms with Crippen molar-refractivity contribution in [2.24, 2.45) is 0 Å². The first-order valence-corrected chi connectivity index (χ1v) is 12.3. The van der Waals surface area contributed by atoms with Gasteiger partial charge in [-0.1, -0.05) is 25.3 Å². The van der Waals surface area contributed by atoms with Gasteiger partial charge in [-0.05, 0) is 49.6 Å². The lowest BCUT2D eigenvalue weighted by Crippen LogP contribution is -2.50. The van der Waals surface area contributed by atoms with Crippen molar-refractivity contribution in [1.29, 1.82) is 0 Å². The van der Waals surface area contributed by atoms with Crippen LogP contribution in [0.15, 0.2) is 34.7 Å². The van der Waals surface area contributed by atoms with Gasteiger partial charge >= 0.3 is 6.03 Å². The van der Waals surface area contributed by atoms with Crippen LogP contribution in [-0.4, -0.2) is 61.4 Å². The second-order valence-corrected chi connectivity index (χ2v) is 9.15. The maximum absolute atomic E-state index is 13.5. The van der Waals surface area contributed by atoms with Gasteiger partial charge in [0, 0.05) is 26.2 Å². The molecule has 1 aromatic heterocycles. The summed E-state index contributed by atoms with van der Waals surface area (Å²) in [6.45, 7) is 3.34. The number of ether oxygens (including phenoxy) is 3. The van der Waals surface area contributed by atoms with E-state index in [-0.39, 0.29) is 31.3 Å². The molecule has 0 saturated heterocycles. The number of rotatable bonds is 10. The Morgan fingerprint density at radius 1 is 1.03 bits per heavy atom. The Bertz CT molecular complexity index is 1000. The zero-order valence-electron chi connectivity index (χ0n) is 20.6. The van der Waals surface area contributed by atoms with E-state index in [9.17, 15) is 9.59 Å². The van der Waals surface area contributed by atoms with Crippen molar-refractivity contribution in [1.82, 2.24) is 15.1 Å². The molecule has 9 nitrogen and oxygen atoms in total. The molecule has 9 heteroatoms. The molecule has 3 amide bonds. The minimum absolute atomic E-state index is 0.0494. The number of nitrogens with zero attached hydrogens (tertiary/aromatic N) is 2. The molecule has 1 saturated carbocycles. The van der Waals surface area contributed by atoms with E-state index in [4.69, 9.17) is 18.6 Å². The summed E-state index contributed by atoms with van der Waals surface area (Å²) in [6, 6.07) is 9.33. The number of furan rings is 1. The lowest BCUT2D eigenvalue weighted by molar-refractivity contribution is -0.133. The minimum Gasteiger partial charge on any atom is -0.464 e. The molecule has 0 bridgehead atoms. The van der Waals surface area contributed by atoms with Gasteiger partial charge < -0.3 is 33.7 Å². The summed E-state index contributed by atoms with van der Waals surface area (Å²) in [7, 11) is 1.59. The van der Waals surface area contributed by atoms with Crippen molar-refractivity contribution in [2.75, 3.05) is 33.6 Å². The molecule has 35 heavy (non-hydrogen) atoms. The van der Waals surface area contributed by atoms with Gasteiger partial charge in [-0.3, -0.25) is 4.79 Å². The molecule has 0 spiro atoms. The first-order valence-electron chi connectivity index (χ1n) is 12.3. The molecule has 1 fully saturated rings. The van der Waals surface area contributed by atoms with Gasteiger partial charge in [-0.25, -0.2) is 4.79 Å². The Morgan fingerprint density at radius 3 is 2.57 bits per heavy atom. The minimum atomic E-state index is -0.223. The summed E-state index contributed by atoms with van der Waals surface area (Å²) in [5.74, 6) is 2.65. The quantitative estimate of drug-likeness (QED) is 0.550. The molecule has 1 aliphatic heterocycles. The summed E-state index contributed by atoms with van der Waals surface area (Å²) in [6.07, 6.45) is 5.40. The van der Waals surface area contributed by atoms with Crippen molar-refractivity contribution in [3.63, 3.8) is 0 Å². The fourth-order valence-corrected chi connectivity index (χ4v) is 4.48. The van der Waals surface area contributed by atoms with Crippen LogP contribution in [0, 0.1) is 6.92 Å². The number of fused-ring (bicyclic) bond motifs is 1. The third-order valence-corrected chi connectivity index (χ3v) is 6.42. The Hall–Kier alpha value is -3.20. The topological polar surface area (TPSA) is 93.5 Å². The summed E-state index contributed by atoms with van der Waals surface area (Å²) < 4.78 is 21.8. The van der Waals surface area contributed by atoms with Gasteiger partial charge in [0.25, 0.3) is 0 Å². The lowest BCUT2D eigenvalue weighted by atomic mass is 9.96. The number of hydrogen-bond acceptors (Lipinski definition) is 6. The number of benzene rings is 1. The van der Waals surface area contributed by atoms with Gasteiger partial charge in [0.15, 0.2) is 11.5 Å². The normalized spacial score (nSPS) is 15.1. The number of methoxy groups -OCH3 is 1. The highest BCUT2D eigenvalue weighted by molar-refractivity contribution is 5.84. The number of carbonyl (C=O) groups excluding carboxylic acids is 2. The maximum atomic E-state index is 13.5. The second kappa shape index (κ2) is 12.0. The number of nitrogens with one attached hydrogen (secondary N) is 1. The Morgan fingerprint density at radius 2 is 1.83 bits per heavy atom. The van der Waals surface area contributed by atoms with Crippen LogP contribution in [0.4, 0.5) is 4.79 Å². The summed E-state index contributed by atoms with van der Waals surface area (Å²) in [5, 5.41) is 3.11. The van der Waals surface area contributed by atoms with E-state index in [1.807, 2.05) is 37.3 Å². The maximum Gasteiger partial charge on any atom is 0.318 e. The number of carbonyl (C=O) groups is 2. The molecule has 4 rings (SSSR count). The van der Waals surface area contributed by atoms with Crippen molar-refractivity contribution in [2.45, 2.75) is 58.2 Å². The van der Waals surface area contributed by atoms with Gasteiger partial charge in [0.1, 0.15) is 18.1 Å². The smallest absolute Gasteiger partial charge is 0.318 e. The van der Waals surface area contributed by atoms with Crippen LogP contribution < -0.4 is 14.8 Å². The van der Waals surface area contributed by atoms with Crippen LogP contribution in [0.25, 0.3) is 0 Å². The van der Waals surface area contributed by atoms with Crippen LogP contribution in [-0.2, 0) is 22.6 Å². The molecule has 1 aromatic carbocycles. The van der Waals surface area contributed by atoms with E-state index in [2.05, 4.69) is 5.32 Å². The zero-order chi connectivity index (χ0) is 24.6. The van der Waals surface area contributed by atoms with Crippen molar-refractivity contribution >= 4 is 11.9 Å². The third kappa shape index (κ3) is 6.91. The average molecular weight is 486 g/mol. The van der Waals surface area contributed by atoms with Gasteiger partial charge in [-0.2, -0.15) is 0 Å². The van der Waals surface area contributed by atoms with Crippen LogP contribution in [0.3, 0.4) is 0 Å². The number of amides is 3. The zero-order valence-corrected chi connectivity index (χ0v) is 20.6. The SMILES string of the molecule is COCCN(CC(=O)N(Cc1ccc2c(c1)OCO2)Cc1ccc(C)o1)C(=O)NC1CCCCC1. The fraction of sp³-hybridized carbons (Fsp3) is 0.538. The van der Waals surface area contributed by atoms with E-state index in [0.717, 1.165) is 37.0 Å². The Balaban J connectivity index is 1.47. The summed E-state index contributed by atoms with van der Waals surface area (Å²) >= 11 is 0. The molecule has 1 N–H and O–H groups in total. The second-order valence-electron chi connectivity index (χ2n) is 9.15. The molecule has 190 valence electrons. The van der Waals surface area contributed by atoms with Crippen molar-refractivity contribution < 1.29 is 28.2 Å². The predicted molar refractivity (Wildman–Crippen MR) is 129 cm³/mol. The largest absolute Gasteiger partial charge is 0.464 e. The standard InChI is InChI=1S/C26H35N3O6/c1-19-8-10-22(35-19)16-29(15-20-9-11-23-24(14-20)34-18-33-23)25(30)17-28(12-13-32-2)26(31)27-21-6-4-3-5-7-21/h8-11,14,21H,3-7,12-13,15-18H2,1-2H3,(H,27,31). The van der Waals surface area contributed by atoms with E-state index < -0.39 is 0 Å². The van der Waals surface area contributed by atoms with Crippen LogP contribution in [0.2, 0.25) is 0 Å². The molecule has 0 unspecified atom stereocenters. The highest BCUT2D eigenvalue weighted by Gasteiger charge is 2.25. The Kier molecular flexibility index (Phi) is 8.52. The average Bonchev–Trinajstić information content (AvgIpc) is 3.50. The lowest BCUT2D eigenvalue weighted by Gasteiger charge is -2.30. The monoisotopic (exact) mass is 485 g/mol. The van der Waals surface area contributed by atoms with Crippen LogP contribution in [0.5, 0.6) is 11.5 Å².